The zero-order valence-electron chi connectivity index (χ0n) is 14.1. The van der Waals surface area contributed by atoms with Crippen molar-refractivity contribution < 1.29 is 14.3 Å². The van der Waals surface area contributed by atoms with Crippen LogP contribution in [0.4, 0.5) is 5.13 Å². The number of carbonyl (C=O) groups excluding carboxylic acids is 1. The maximum absolute atomic E-state index is 12.4. The predicted molar refractivity (Wildman–Crippen MR) is 101 cm³/mol. The fourth-order valence-electron chi connectivity index (χ4n) is 2.34. The molecule has 1 aromatic heterocycles. The molecule has 0 bridgehead atoms. The summed E-state index contributed by atoms with van der Waals surface area (Å²) in [6, 6.07) is 14.5. The third-order valence-corrected chi connectivity index (χ3v) is 4.55. The lowest BCUT2D eigenvalue weighted by Crippen LogP contribution is -2.13. The number of hydrogen-bond donors (Lipinski definition) is 1. The van der Waals surface area contributed by atoms with Crippen LogP contribution in [-0.4, -0.2) is 25.1 Å². The molecule has 0 radical (unpaired) electrons. The molecule has 2 aromatic carbocycles. The summed E-state index contributed by atoms with van der Waals surface area (Å²) in [5.74, 6) is 0.775. The van der Waals surface area contributed by atoms with Gasteiger partial charge in [0.25, 0.3) is 5.91 Å². The third-order valence-electron chi connectivity index (χ3n) is 3.62. The lowest BCUT2D eigenvalue weighted by molar-refractivity contribution is -0.112. The molecule has 0 spiro atoms. The Kier molecular flexibility index (Phi) is 5.15. The Bertz CT molecular complexity index is 1030. The van der Waals surface area contributed by atoms with Gasteiger partial charge in [0.2, 0.25) is 0 Å². The minimum absolute atomic E-state index is 0.0358. The van der Waals surface area contributed by atoms with Crippen molar-refractivity contribution in [1.82, 2.24) is 4.98 Å². The van der Waals surface area contributed by atoms with E-state index in [1.807, 2.05) is 30.3 Å². The number of rotatable bonds is 5. The smallest absolute Gasteiger partial charge is 0.268 e. The number of hydrogen-bond acceptors (Lipinski definition) is 6. The molecule has 0 aliphatic carbocycles. The molecule has 1 N–H and O–H groups in total. The number of amides is 1. The van der Waals surface area contributed by atoms with Crippen LogP contribution in [0.2, 0.25) is 0 Å². The number of aromatic nitrogens is 1. The Hall–Kier alpha value is -3.37. The molecule has 0 aliphatic heterocycles. The summed E-state index contributed by atoms with van der Waals surface area (Å²) >= 11 is 1.31. The number of nitrogens with one attached hydrogen (secondary N) is 1. The van der Waals surface area contributed by atoms with Gasteiger partial charge in [-0.15, -0.1) is 0 Å². The molecular formula is C19H15N3O3S. The highest BCUT2D eigenvalue weighted by atomic mass is 32.1. The predicted octanol–water partition coefficient (Wildman–Crippen LogP) is 3.86. The van der Waals surface area contributed by atoms with Crippen molar-refractivity contribution in [3.05, 3.63) is 53.6 Å². The van der Waals surface area contributed by atoms with Crippen LogP contribution in [0.15, 0.2) is 48.0 Å². The number of nitrogens with zero attached hydrogens (tertiary/aromatic N) is 2. The maximum atomic E-state index is 12.4. The number of nitriles is 1. The molecule has 130 valence electrons. The standard InChI is InChI=1S/C19H15N3O3S/c1-24-14-7-8-15-17(10-14)26-19(21-15)22-18(23)13(11-20)9-12-5-3-4-6-16(12)25-2/h3-10H,1-2H3,(H,21,22,23)/b13-9+. The van der Waals surface area contributed by atoms with Crippen molar-refractivity contribution in [2.24, 2.45) is 0 Å². The molecule has 0 unspecified atom stereocenters. The molecule has 0 saturated carbocycles. The molecule has 0 fully saturated rings. The molecule has 0 atom stereocenters. The number of para-hydroxylation sites is 1. The van der Waals surface area contributed by atoms with Gasteiger partial charge in [-0.3, -0.25) is 10.1 Å². The normalized spacial score (nSPS) is 11.0. The van der Waals surface area contributed by atoms with Gasteiger partial charge in [-0.25, -0.2) is 4.98 Å². The van der Waals surface area contributed by atoms with Gasteiger partial charge in [0.1, 0.15) is 23.1 Å². The molecule has 1 amide bonds. The number of ether oxygens (including phenoxy) is 2. The zero-order valence-corrected chi connectivity index (χ0v) is 15.0. The molecule has 26 heavy (non-hydrogen) atoms. The van der Waals surface area contributed by atoms with E-state index in [0.717, 1.165) is 10.2 Å². The van der Waals surface area contributed by atoms with Gasteiger partial charge >= 0.3 is 0 Å². The van der Waals surface area contributed by atoms with Crippen LogP contribution in [-0.2, 0) is 4.79 Å². The van der Waals surface area contributed by atoms with Gasteiger partial charge in [0.15, 0.2) is 5.13 Å². The molecular weight excluding hydrogens is 350 g/mol. The van der Waals surface area contributed by atoms with E-state index in [-0.39, 0.29) is 5.57 Å². The van der Waals surface area contributed by atoms with E-state index in [9.17, 15) is 10.1 Å². The third kappa shape index (κ3) is 3.66. The van der Waals surface area contributed by atoms with Crippen LogP contribution >= 0.6 is 11.3 Å². The molecule has 3 rings (SSSR count). The van der Waals surface area contributed by atoms with Crippen LogP contribution in [0.3, 0.4) is 0 Å². The second-order valence-electron chi connectivity index (χ2n) is 5.22. The van der Waals surface area contributed by atoms with E-state index in [2.05, 4.69) is 10.3 Å². The summed E-state index contributed by atoms with van der Waals surface area (Å²) < 4.78 is 11.3. The first kappa shape index (κ1) is 17.5. The van der Waals surface area contributed by atoms with E-state index in [1.165, 1.54) is 24.5 Å². The Morgan fingerprint density at radius 2 is 2.04 bits per heavy atom. The highest BCUT2D eigenvalue weighted by molar-refractivity contribution is 7.22. The van der Waals surface area contributed by atoms with E-state index in [4.69, 9.17) is 9.47 Å². The monoisotopic (exact) mass is 365 g/mol. The zero-order chi connectivity index (χ0) is 18.5. The lowest BCUT2D eigenvalue weighted by Gasteiger charge is -2.05. The first-order chi connectivity index (χ1) is 12.6. The van der Waals surface area contributed by atoms with Crippen LogP contribution < -0.4 is 14.8 Å². The van der Waals surface area contributed by atoms with E-state index >= 15 is 0 Å². The van der Waals surface area contributed by atoms with Gasteiger partial charge in [-0.05, 0) is 30.3 Å². The minimum atomic E-state index is -0.524. The summed E-state index contributed by atoms with van der Waals surface area (Å²) in [7, 11) is 3.13. The molecule has 1 heterocycles. The molecule has 3 aromatic rings. The van der Waals surface area contributed by atoms with Crippen molar-refractivity contribution in [3.8, 4) is 17.6 Å². The summed E-state index contributed by atoms with van der Waals surface area (Å²) in [5.41, 5.74) is 1.36. The second kappa shape index (κ2) is 7.68. The number of benzene rings is 2. The fourth-order valence-corrected chi connectivity index (χ4v) is 3.23. The van der Waals surface area contributed by atoms with E-state index < -0.39 is 5.91 Å². The highest BCUT2D eigenvalue weighted by Gasteiger charge is 2.14. The van der Waals surface area contributed by atoms with Crippen LogP contribution in [0, 0.1) is 11.3 Å². The van der Waals surface area contributed by atoms with Gasteiger partial charge in [0, 0.05) is 5.56 Å². The average molecular weight is 365 g/mol. The number of carbonyl (C=O) groups is 1. The minimum Gasteiger partial charge on any atom is -0.497 e. The number of fused-ring (bicyclic) bond motifs is 1. The molecule has 6 nitrogen and oxygen atoms in total. The molecule has 0 aliphatic rings. The average Bonchev–Trinajstić information content (AvgIpc) is 3.07. The van der Waals surface area contributed by atoms with Gasteiger partial charge in [0.05, 0.1) is 24.4 Å². The summed E-state index contributed by atoms with van der Waals surface area (Å²) in [4.78, 5) is 16.8. The van der Waals surface area contributed by atoms with Crippen molar-refractivity contribution in [2.45, 2.75) is 0 Å². The Labute approximate surface area is 154 Å². The van der Waals surface area contributed by atoms with Gasteiger partial charge in [-0.2, -0.15) is 5.26 Å². The summed E-state index contributed by atoms with van der Waals surface area (Å²) in [6.07, 6.45) is 1.49. The van der Waals surface area contributed by atoms with E-state index in [0.29, 0.717) is 22.2 Å². The van der Waals surface area contributed by atoms with Gasteiger partial charge < -0.3 is 9.47 Å². The molecule has 7 heteroatoms. The Morgan fingerprint density at radius 3 is 2.77 bits per heavy atom. The van der Waals surface area contributed by atoms with Crippen LogP contribution in [0.1, 0.15) is 5.56 Å². The van der Waals surface area contributed by atoms with Crippen molar-refractivity contribution in [2.75, 3.05) is 19.5 Å². The second-order valence-corrected chi connectivity index (χ2v) is 6.25. The summed E-state index contributed by atoms with van der Waals surface area (Å²) in [6.45, 7) is 0. The first-order valence-electron chi connectivity index (χ1n) is 7.65. The highest BCUT2D eigenvalue weighted by Crippen LogP contribution is 2.29. The largest absolute Gasteiger partial charge is 0.497 e. The van der Waals surface area contributed by atoms with Crippen LogP contribution in [0.5, 0.6) is 11.5 Å². The fraction of sp³-hybridized carbons (Fsp3) is 0.105. The number of methoxy groups -OCH3 is 2. The van der Waals surface area contributed by atoms with Crippen molar-refractivity contribution in [1.29, 1.82) is 5.26 Å². The Balaban J connectivity index is 1.86. The number of thiazole rings is 1. The lowest BCUT2D eigenvalue weighted by atomic mass is 10.1. The SMILES string of the molecule is COc1ccc2nc(NC(=O)/C(C#N)=C/c3ccccc3OC)sc2c1. The maximum Gasteiger partial charge on any atom is 0.268 e. The molecule has 0 saturated heterocycles. The first-order valence-corrected chi connectivity index (χ1v) is 8.47. The topological polar surface area (TPSA) is 84.2 Å². The van der Waals surface area contributed by atoms with Crippen molar-refractivity contribution >= 4 is 38.7 Å². The number of anilines is 1. The van der Waals surface area contributed by atoms with E-state index in [1.54, 1.807) is 25.3 Å². The van der Waals surface area contributed by atoms with Crippen LogP contribution in [0.25, 0.3) is 16.3 Å². The quantitative estimate of drug-likeness (QED) is 0.548. The van der Waals surface area contributed by atoms with Gasteiger partial charge in [-0.1, -0.05) is 29.5 Å². The van der Waals surface area contributed by atoms with Crippen molar-refractivity contribution in [3.63, 3.8) is 0 Å². The Morgan fingerprint density at radius 1 is 1.23 bits per heavy atom. The summed E-state index contributed by atoms with van der Waals surface area (Å²) in [5, 5.41) is 12.4.